The minimum atomic E-state index is -3.62. The molecule has 0 radical (unpaired) electrons. The molecular formula is C13H22ClFN2O3S. The van der Waals surface area contributed by atoms with Crippen molar-refractivity contribution in [2.24, 2.45) is 0 Å². The van der Waals surface area contributed by atoms with Gasteiger partial charge in [-0.3, -0.25) is 0 Å². The molecule has 1 aromatic carbocycles. The van der Waals surface area contributed by atoms with E-state index in [-0.39, 0.29) is 23.8 Å². The van der Waals surface area contributed by atoms with Crippen molar-refractivity contribution in [1.82, 2.24) is 10.0 Å². The van der Waals surface area contributed by atoms with E-state index in [4.69, 9.17) is 4.74 Å². The van der Waals surface area contributed by atoms with Crippen LogP contribution in [0.1, 0.15) is 11.1 Å². The minimum absolute atomic E-state index is 0. The zero-order valence-corrected chi connectivity index (χ0v) is 14.0. The van der Waals surface area contributed by atoms with Gasteiger partial charge < -0.3 is 10.1 Å². The summed E-state index contributed by atoms with van der Waals surface area (Å²) in [4.78, 5) is 0.149. The molecule has 0 fully saturated rings. The summed E-state index contributed by atoms with van der Waals surface area (Å²) in [6.07, 6.45) is 0. The molecule has 0 aliphatic rings. The van der Waals surface area contributed by atoms with Crippen LogP contribution in [0.5, 0.6) is 0 Å². The van der Waals surface area contributed by atoms with Crippen molar-refractivity contribution in [1.29, 1.82) is 0 Å². The summed E-state index contributed by atoms with van der Waals surface area (Å²) in [7, 11) is -2.02. The number of aryl methyl sites for hydroxylation is 2. The maximum atomic E-state index is 13.2. The molecule has 0 spiro atoms. The van der Waals surface area contributed by atoms with Crippen molar-refractivity contribution in [2.75, 3.05) is 33.4 Å². The molecule has 0 saturated heterocycles. The fraction of sp³-hybridized carbons (Fsp3) is 0.538. The molecule has 1 rings (SSSR count). The smallest absolute Gasteiger partial charge is 0.241 e. The topological polar surface area (TPSA) is 67.4 Å². The number of hydrogen-bond acceptors (Lipinski definition) is 4. The molecule has 0 bridgehead atoms. The quantitative estimate of drug-likeness (QED) is 0.702. The van der Waals surface area contributed by atoms with Crippen molar-refractivity contribution < 1.29 is 17.5 Å². The summed E-state index contributed by atoms with van der Waals surface area (Å²) >= 11 is 0. The average Bonchev–Trinajstić information content (AvgIpc) is 2.31. The van der Waals surface area contributed by atoms with Gasteiger partial charge in [0.15, 0.2) is 0 Å². The Labute approximate surface area is 131 Å². The fourth-order valence-electron chi connectivity index (χ4n) is 1.97. The van der Waals surface area contributed by atoms with Crippen molar-refractivity contribution in [3.8, 4) is 0 Å². The largest absolute Gasteiger partial charge is 0.383 e. The van der Waals surface area contributed by atoms with E-state index in [2.05, 4.69) is 10.0 Å². The third kappa shape index (κ3) is 6.27. The molecular weight excluding hydrogens is 319 g/mol. The second kappa shape index (κ2) is 9.32. The van der Waals surface area contributed by atoms with Gasteiger partial charge in [0.25, 0.3) is 0 Å². The number of hydrogen-bond donors (Lipinski definition) is 2. The maximum absolute atomic E-state index is 13.2. The van der Waals surface area contributed by atoms with Crippen LogP contribution < -0.4 is 10.0 Å². The van der Waals surface area contributed by atoms with E-state index >= 15 is 0 Å². The molecule has 122 valence electrons. The van der Waals surface area contributed by atoms with Gasteiger partial charge in [0.2, 0.25) is 10.0 Å². The lowest BCUT2D eigenvalue weighted by molar-refractivity contribution is 0.199. The lowest BCUT2D eigenvalue weighted by Crippen LogP contribution is -2.33. The van der Waals surface area contributed by atoms with Gasteiger partial charge in [-0.1, -0.05) is 0 Å². The van der Waals surface area contributed by atoms with Crippen LogP contribution in [0.2, 0.25) is 0 Å². The Morgan fingerprint density at radius 2 is 1.71 bits per heavy atom. The Kier molecular flexibility index (Phi) is 9.00. The van der Waals surface area contributed by atoms with E-state index in [0.717, 1.165) is 0 Å². The highest BCUT2D eigenvalue weighted by Crippen LogP contribution is 2.20. The third-order valence-corrected chi connectivity index (χ3v) is 4.54. The molecule has 0 atom stereocenters. The van der Waals surface area contributed by atoms with Crippen LogP contribution in [0.4, 0.5) is 4.39 Å². The van der Waals surface area contributed by atoms with E-state index in [1.54, 1.807) is 21.0 Å². The number of nitrogens with one attached hydrogen (secondary N) is 2. The van der Waals surface area contributed by atoms with E-state index in [1.807, 2.05) is 0 Å². The predicted molar refractivity (Wildman–Crippen MR) is 83.1 cm³/mol. The first-order valence-electron chi connectivity index (χ1n) is 6.34. The molecule has 0 aromatic heterocycles. The molecule has 2 N–H and O–H groups in total. The van der Waals surface area contributed by atoms with Crippen molar-refractivity contribution >= 4 is 22.4 Å². The van der Waals surface area contributed by atoms with E-state index in [0.29, 0.717) is 30.8 Å². The van der Waals surface area contributed by atoms with Crippen LogP contribution in [0.25, 0.3) is 0 Å². The van der Waals surface area contributed by atoms with Gasteiger partial charge in [-0.15, -0.1) is 12.4 Å². The lowest BCUT2D eigenvalue weighted by atomic mass is 10.1. The molecule has 0 unspecified atom stereocenters. The van der Waals surface area contributed by atoms with Gasteiger partial charge >= 0.3 is 0 Å². The maximum Gasteiger partial charge on any atom is 0.241 e. The fourth-order valence-corrected chi connectivity index (χ4v) is 3.45. The number of benzene rings is 1. The summed E-state index contributed by atoms with van der Waals surface area (Å²) in [5.74, 6) is -0.430. The zero-order valence-electron chi connectivity index (χ0n) is 12.4. The summed E-state index contributed by atoms with van der Waals surface area (Å²) < 4.78 is 44.9. The molecule has 0 amide bonds. The molecule has 8 heteroatoms. The first kappa shape index (κ1) is 20.3. The summed E-state index contributed by atoms with van der Waals surface area (Å²) in [5, 5.41) is 3.04. The standard InChI is InChI=1S/C13H21FN2O3S.ClH/c1-10-8-12(14)9-11(2)13(10)20(17,18)16-5-4-15-6-7-19-3;/h8-9,15-16H,4-7H2,1-3H3;1H. The number of sulfonamides is 1. The first-order chi connectivity index (χ1) is 9.38. The van der Waals surface area contributed by atoms with Crippen LogP contribution in [0, 0.1) is 19.7 Å². The van der Waals surface area contributed by atoms with Crippen LogP contribution >= 0.6 is 12.4 Å². The Morgan fingerprint density at radius 3 is 2.24 bits per heavy atom. The van der Waals surface area contributed by atoms with E-state index in [1.165, 1.54) is 12.1 Å². The highest BCUT2D eigenvalue weighted by Gasteiger charge is 2.19. The highest BCUT2D eigenvalue weighted by atomic mass is 35.5. The monoisotopic (exact) mass is 340 g/mol. The van der Waals surface area contributed by atoms with E-state index < -0.39 is 15.8 Å². The Balaban J connectivity index is 0.00000400. The van der Waals surface area contributed by atoms with Gasteiger partial charge in [0.05, 0.1) is 11.5 Å². The van der Waals surface area contributed by atoms with Crippen LogP contribution in [-0.2, 0) is 14.8 Å². The zero-order chi connectivity index (χ0) is 15.2. The highest BCUT2D eigenvalue weighted by molar-refractivity contribution is 7.89. The lowest BCUT2D eigenvalue weighted by Gasteiger charge is -2.12. The van der Waals surface area contributed by atoms with Gasteiger partial charge in [-0.05, 0) is 37.1 Å². The third-order valence-electron chi connectivity index (χ3n) is 2.77. The normalized spacial score (nSPS) is 11.2. The molecule has 1 aromatic rings. The second-order valence-corrected chi connectivity index (χ2v) is 6.21. The van der Waals surface area contributed by atoms with Gasteiger partial charge in [-0.25, -0.2) is 17.5 Å². The SMILES string of the molecule is COCCNCCNS(=O)(=O)c1c(C)cc(F)cc1C.Cl. The predicted octanol–water partition coefficient (Wildman–Crippen LogP) is 1.38. The molecule has 5 nitrogen and oxygen atoms in total. The van der Waals surface area contributed by atoms with Crippen molar-refractivity contribution in [3.05, 3.63) is 29.1 Å². The number of ether oxygens (including phenoxy) is 1. The van der Waals surface area contributed by atoms with Crippen LogP contribution in [0.15, 0.2) is 17.0 Å². The number of rotatable bonds is 8. The van der Waals surface area contributed by atoms with Crippen LogP contribution in [0.3, 0.4) is 0 Å². The first-order valence-corrected chi connectivity index (χ1v) is 7.83. The van der Waals surface area contributed by atoms with E-state index in [9.17, 15) is 12.8 Å². The van der Waals surface area contributed by atoms with Gasteiger partial charge in [-0.2, -0.15) is 0 Å². The molecule has 0 saturated carbocycles. The van der Waals surface area contributed by atoms with Gasteiger partial charge in [0, 0.05) is 26.7 Å². The average molecular weight is 341 g/mol. The molecule has 0 aliphatic carbocycles. The van der Waals surface area contributed by atoms with Gasteiger partial charge in [0.1, 0.15) is 5.82 Å². The molecule has 0 aliphatic heterocycles. The molecule has 0 heterocycles. The summed E-state index contributed by atoms with van der Waals surface area (Å²) in [5.41, 5.74) is 0.810. The van der Waals surface area contributed by atoms with Crippen molar-refractivity contribution in [2.45, 2.75) is 18.7 Å². The Hall–Kier alpha value is -0.730. The van der Waals surface area contributed by atoms with Crippen LogP contribution in [-0.4, -0.2) is 41.8 Å². The number of halogens is 2. The number of methoxy groups -OCH3 is 1. The second-order valence-electron chi connectivity index (χ2n) is 4.51. The summed E-state index contributed by atoms with van der Waals surface area (Å²) in [6.45, 7) is 5.17. The summed E-state index contributed by atoms with van der Waals surface area (Å²) in [6, 6.07) is 2.44. The molecule has 21 heavy (non-hydrogen) atoms. The van der Waals surface area contributed by atoms with Crippen molar-refractivity contribution in [3.63, 3.8) is 0 Å². The minimum Gasteiger partial charge on any atom is -0.383 e. The Bertz CT molecular complexity index is 529. The Morgan fingerprint density at radius 1 is 1.14 bits per heavy atom.